The highest BCUT2D eigenvalue weighted by Crippen LogP contribution is 2.12. The molecule has 1 rings (SSSR count). The largest absolute Gasteiger partial charge is 0.497 e. The molecule has 0 heterocycles. The number of nitrogens with zero attached hydrogens (tertiary/aromatic N) is 1. The summed E-state index contributed by atoms with van der Waals surface area (Å²) >= 11 is -2.03. The van der Waals surface area contributed by atoms with Crippen molar-refractivity contribution < 1.29 is 13.5 Å². The molecule has 17 heavy (non-hydrogen) atoms. The monoisotopic (exact) mass is 253 g/mol. The van der Waals surface area contributed by atoms with E-state index < -0.39 is 11.3 Å². The fourth-order valence-corrected chi connectivity index (χ4v) is 1.59. The van der Waals surface area contributed by atoms with Gasteiger partial charge in [0.2, 0.25) is 0 Å². The summed E-state index contributed by atoms with van der Waals surface area (Å²) in [5, 5.41) is 0. The molecular formula is C12H15NO3S. The molecule has 0 aliphatic carbocycles. The lowest BCUT2D eigenvalue weighted by atomic mass is 10.2. The highest BCUT2D eigenvalue weighted by Gasteiger charge is 2.01. The molecule has 5 heteroatoms. The number of benzene rings is 1. The van der Waals surface area contributed by atoms with Gasteiger partial charge in [0.1, 0.15) is 5.75 Å². The summed E-state index contributed by atoms with van der Waals surface area (Å²) < 4.78 is 26.2. The van der Waals surface area contributed by atoms with Crippen molar-refractivity contribution in [2.45, 2.75) is 0 Å². The van der Waals surface area contributed by atoms with E-state index in [1.54, 1.807) is 25.5 Å². The average molecular weight is 253 g/mol. The molecule has 4 nitrogen and oxygen atoms in total. The molecule has 0 aliphatic rings. The molecule has 0 aromatic heterocycles. The Morgan fingerprint density at radius 3 is 2.59 bits per heavy atom. The molecule has 0 aliphatic heterocycles. The fraction of sp³-hybridized carbons (Fsp3) is 0.167. The van der Waals surface area contributed by atoms with Crippen LogP contribution in [0.4, 0.5) is 0 Å². The highest BCUT2D eigenvalue weighted by atomic mass is 32.2. The van der Waals surface area contributed by atoms with Crippen molar-refractivity contribution in [2.75, 3.05) is 13.7 Å². The summed E-state index contributed by atoms with van der Waals surface area (Å²) in [7, 11) is 1.60. The van der Waals surface area contributed by atoms with Gasteiger partial charge in [0.25, 0.3) is 11.3 Å². The standard InChI is InChI=1S/C12H15NO3S/c1-3-9-13(17(14)15)10-8-11-4-6-12(16-2)7-5-11/h3-8,10H,1,9H2,2H3,(H,14,15). The number of ether oxygens (including phenoxy) is 1. The third kappa shape index (κ3) is 4.42. The van der Waals surface area contributed by atoms with Crippen LogP contribution in [0, 0.1) is 0 Å². The predicted octanol–water partition coefficient (Wildman–Crippen LogP) is 2.29. The smallest absolute Gasteiger partial charge is 0.261 e. The van der Waals surface area contributed by atoms with Crippen molar-refractivity contribution in [1.29, 1.82) is 0 Å². The molecule has 1 atom stereocenters. The lowest BCUT2D eigenvalue weighted by Gasteiger charge is -2.11. The molecule has 1 N–H and O–H groups in total. The zero-order chi connectivity index (χ0) is 12.7. The first kappa shape index (κ1) is 13.5. The third-order valence-corrected chi connectivity index (χ3v) is 2.73. The van der Waals surface area contributed by atoms with Gasteiger partial charge in [0.05, 0.1) is 13.7 Å². The van der Waals surface area contributed by atoms with E-state index in [0.29, 0.717) is 6.54 Å². The van der Waals surface area contributed by atoms with Gasteiger partial charge in [-0.1, -0.05) is 18.2 Å². The van der Waals surface area contributed by atoms with Gasteiger partial charge in [-0.05, 0) is 23.8 Å². The first-order valence-corrected chi connectivity index (χ1v) is 6.04. The van der Waals surface area contributed by atoms with E-state index in [9.17, 15) is 4.21 Å². The summed E-state index contributed by atoms with van der Waals surface area (Å²) in [6.45, 7) is 3.84. The lowest BCUT2D eigenvalue weighted by Crippen LogP contribution is -2.18. The highest BCUT2D eigenvalue weighted by molar-refractivity contribution is 7.76. The van der Waals surface area contributed by atoms with Crippen LogP contribution < -0.4 is 4.74 Å². The topological polar surface area (TPSA) is 49.8 Å². The Morgan fingerprint density at radius 1 is 1.47 bits per heavy atom. The zero-order valence-electron chi connectivity index (χ0n) is 9.57. The van der Waals surface area contributed by atoms with E-state index in [0.717, 1.165) is 11.3 Å². The SMILES string of the molecule is C=CCN(C=Cc1ccc(OC)cc1)S(=O)O. The quantitative estimate of drug-likeness (QED) is 0.625. The summed E-state index contributed by atoms with van der Waals surface area (Å²) in [5.74, 6) is 0.774. The van der Waals surface area contributed by atoms with Gasteiger partial charge in [-0.2, -0.15) is 0 Å². The Balaban J connectivity index is 2.73. The van der Waals surface area contributed by atoms with E-state index in [2.05, 4.69) is 6.58 Å². The van der Waals surface area contributed by atoms with Gasteiger partial charge >= 0.3 is 0 Å². The Morgan fingerprint density at radius 2 is 2.12 bits per heavy atom. The van der Waals surface area contributed by atoms with Crippen molar-refractivity contribution in [2.24, 2.45) is 0 Å². The second-order valence-electron chi connectivity index (χ2n) is 3.21. The van der Waals surface area contributed by atoms with Gasteiger partial charge in [-0.3, -0.25) is 8.86 Å². The number of hydrogen-bond acceptors (Lipinski definition) is 2. The normalized spacial score (nSPS) is 12.4. The van der Waals surface area contributed by atoms with Crippen molar-refractivity contribution in [3.05, 3.63) is 48.7 Å². The molecule has 1 aromatic carbocycles. The van der Waals surface area contributed by atoms with Crippen LogP contribution in [-0.4, -0.2) is 26.7 Å². The molecule has 0 amide bonds. The first-order valence-electron chi connectivity index (χ1n) is 4.98. The number of rotatable bonds is 6. The van der Waals surface area contributed by atoms with Crippen LogP contribution in [0.1, 0.15) is 5.56 Å². The third-order valence-electron chi connectivity index (χ3n) is 2.06. The maximum absolute atomic E-state index is 10.9. The van der Waals surface area contributed by atoms with Crippen LogP contribution in [0.3, 0.4) is 0 Å². The van der Waals surface area contributed by atoms with Crippen molar-refractivity contribution >= 4 is 17.3 Å². The Hall–Kier alpha value is -1.59. The molecule has 1 aromatic rings. The van der Waals surface area contributed by atoms with Gasteiger partial charge in [0.15, 0.2) is 0 Å². The summed E-state index contributed by atoms with van der Waals surface area (Å²) in [5.41, 5.74) is 0.922. The second kappa shape index (κ2) is 6.88. The fourth-order valence-electron chi connectivity index (χ4n) is 1.19. The maximum Gasteiger partial charge on any atom is 0.261 e. The van der Waals surface area contributed by atoms with Gasteiger partial charge in [-0.15, -0.1) is 6.58 Å². The van der Waals surface area contributed by atoms with Crippen molar-refractivity contribution in [1.82, 2.24) is 4.31 Å². The zero-order valence-corrected chi connectivity index (χ0v) is 10.4. The molecule has 0 radical (unpaired) electrons. The summed E-state index contributed by atoms with van der Waals surface area (Å²) in [6, 6.07) is 7.38. The maximum atomic E-state index is 10.9. The Kier molecular flexibility index (Phi) is 5.45. The van der Waals surface area contributed by atoms with E-state index in [1.165, 1.54) is 4.31 Å². The van der Waals surface area contributed by atoms with Crippen molar-refractivity contribution in [3.63, 3.8) is 0 Å². The van der Waals surface area contributed by atoms with E-state index in [1.807, 2.05) is 24.3 Å². The molecule has 0 bridgehead atoms. The van der Waals surface area contributed by atoms with Gasteiger partial charge < -0.3 is 4.74 Å². The van der Waals surface area contributed by atoms with Crippen LogP contribution in [0.2, 0.25) is 0 Å². The average Bonchev–Trinajstić information content (AvgIpc) is 2.34. The number of hydrogen-bond donors (Lipinski definition) is 1. The molecule has 0 spiro atoms. The predicted molar refractivity (Wildman–Crippen MR) is 69.7 cm³/mol. The van der Waals surface area contributed by atoms with Gasteiger partial charge in [-0.25, -0.2) is 4.21 Å². The van der Waals surface area contributed by atoms with Gasteiger partial charge in [0, 0.05) is 6.20 Å². The number of methoxy groups -OCH3 is 1. The van der Waals surface area contributed by atoms with Crippen molar-refractivity contribution in [3.8, 4) is 5.75 Å². The summed E-state index contributed by atoms with van der Waals surface area (Å²) in [4.78, 5) is 0. The molecule has 0 saturated heterocycles. The minimum Gasteiger partial charge on any atom is -0.497 e. The van der Waals surface area contributed by atoms with Crippen LogP contribution in [0.25, 0.3) is 6.08 Å². The minimum atomic E-state index is -2.03. The molecule has 1 unspecified atom stereocenters. The second-order valence-corrected chi connectivity index (χ2v) is 4.14. The Labute approximate surface area is 104 Å². The van der Waals surface area contributed by atoms with E-state index in [-0.39, 0.29) is 0 Å². The van der Waals surface area contributed by atoms with Crippen LogP contribution in [0.5, 0.6) is 5.75 Å². The first-order chi connectivity index (χ1) is 8.17. The van der Waals surface area contributed by atoms with Crippen LogP contribution in [-0.2, 0) is 11.3 Å². The van der Waals surface area contributed by atoms with E-state index >= 15 is 0 Å². The van der Waals surface area contributed by atoms with Crippen LogP contribution >= 0.6 is 0 Å². The molecule has 0 saturated carbocycles. The van der Waals surface area contributed by atoms with Crippen LogP contribution in [0.15, 0.2) is 43.1 Å². The summed E-state index contributed by atoms with van der Waals surface area (Å²) in [6.07, 6.45) is 4.86. The molecule has 0 fully saturated rings. The lowest BCUT2D eigenvalue weighted by molar-refractivity contribution is 0.415. The Bertz CT molecular complexity index is 414. The molecule has 92 valence electrons. The minimum absolute atomic E-state index is 0.315. The molecular weight excluding hydrogens is 238 g/mol. The van der Waals surface area contributed by atoms with E-state index in [4.69, 9.17) is 9.29 Å².